The van der Waals surface area contributed by atoms with Gasteiger partial charge in [-0.15, -0.1) is 0 Å². The highest BCUT2D eigenvalue weighted by Crippen LogP contribution is 2.32. The molecular weight excluding hydrogens is 496 g/mol. The number of hydrogen-bond acceptors (Lipinski definition) is 5. The minimum absolute atomic E-state index is 0.121. The van der Waals surface area contributed by atoms with Gasteiger partial charge in [-0.1, -0.05) is 75.8 Å². The van der Waals surface area contributed by atoms with E-state index in [9.17, 15) is 13.2 Å². The van der Waals surface area contributed by atoms with Crippen molar-refractivity contribution in [2.45, 2.75) is 17.9 Å². The molecule has 5 nitrogen and oxygen atoms in total. The van der Waals surface area contributed by atoms with Gasteiger partial charge < -0.3 is 0 Å². The zero-order valence-electron chi connectivity index (χ0n) is 16.4. The number of carbonyl (C=O) groups is 1. The zero-order chi connectivity index (χ0) is 21.8. The Hall–Kier alpha value is -2.55. The number of anilines is 1. The molecule has 3 aromatic carbocycles. The molecule has 0 aliphatic heterocycles. The van der Waals surface area contributed by atoms with Gasteiger partial charge >= 0.3 is 0 Å². The summed E-state index contributed by atoms with van der Waals surface area (Å²) in [6.07, 6.45) is -0.121. The molecule has 0 aliphatic carbocycles. The quantitative estimate of drug-likeness (QED) is 0.328. The van der Waals surface area contributed by atoms with E-state index in [1.165, 1.54) is 11.3 Å². The highest BCUT2D eigenvalue weighted by molar-refractivity contribution is 9.10. The van der Waals surface area contributed by atoms with Gasteiger partial charge in [-0.3, -0.25) is 9.69 Å². The van der Waals surface area contributed by atoms with Gasteiger partial charge in [0.2, 0.25) is 5.91 Å². The second kappa shape index (κ2) is 9.30. The van der Waals surface area contributed by atoms with E-state index >= 15 is 0 Å². The molecule has 0 spiro atoms. The smallest absolute Gasteiger partial charge is 0.230 e. The van der Waals surface area contributed by atoms with E-state index in [2.05, 4.69) is 20.9 Å². The van der Waals surface area contributed by atoms with Gasteiger partial charge in [0.15, 0.2) is 15.0 Å². The molecule has 0 N–H and O–H groups in total. The van der Waals surface area contributed by atoms with E-state index in [0.717, 1.165) is 20.3 Å². The molecule has 0 fully saturated rings. The Labute approximate surface area is 193 Å². The van der Waals surface area contributed by atoms with E-state index in [1.807, 2.05) is 48.5 Å². The molecule has 1 amide bonds. The van der Waals surface area contributed by atoms with Crippen molar-refractivity contribution in [2.24, 2.45) is 0 Å². The van der Waals surface area contributed by atoms with E-state index in [1.54, 1.807) is 35.2 Å². The van der Waals surface area contributed by atoms with Crippen molar-refractivity contribution >= 4 is 58.4 Å². The molecule has 31 heavy (non-hydrogen) atoms. The number of aromatic nitrogens is 1. The van der Waals surface area contributed by atoms with Crippen LogP contribution in [0.3, 0.4) is 0 Å². The summed E-state index contributed by atoms with van der Waals surface area (Å²) in [6, 6.07) is 23.6. The van der Waals surface area contributed by atoms with Gasteiger partial charge in [-0.05, 0) is 35.9 Å². The summed E-state index contributed by atoms with van der Waals surface area (Å²) >= 11 is 4.87. The van der Waals surface area contributed by atoms with Crippen molar-refractivity contribution in [3.05, 3.63) is 88.9 Å². The number of nitrogens with zero attached hydrogens (tertiary/aromatic N) is 2. The number of sulfone groups is 1. The maximum Gasteiger partial charge on any atom is 0.230 e. The maximum absolute atomic E-state index is 13.2. The van der Waals surface area contributed by atoms with Crippen molar-refractivity contribution in [3.8, 4) is 0 Å². The first-order valence-corrected chi connectivity index (χ1v) is 12.9. The van der Waals surface area contributed by atoms with Gasteiger partial charge in [0.05, 0.1) is 27.4 Å². The van der Waals surface area contributed by atoms with E-state index in [0.29, 0.717) is 11.7 Å². The first-order chi connectivity index (χ1) is 14.9. The summed E-state index contributed by atoms with van der Waals surface area (Å²) in [5, 5.41) is 0.555. The molecule has 158 valence electrons. The molecular formula is C23H19BrN2O3S2. The van der Waals surface area contributed by atoms with Gasteiger partial charge in [-0.25, -0.2) is 13.4 Å². The summed E-state index contributed by atoms with van der Waals surface area (Å²) < 4.78 is 27.2. The van der Waals surface area contributed by atoms with Gasteiger partial charge in [0, 0.05) is 10.9 Å². The number of benzene rings is 3. The number of carbonyl (C=O) groups excluding carboxylic acids is 1. The third kappa shape index (κ3) is 5.20. The van der Waals surface area contributed by atoms with E-state index in [4.69, 9.17) is 0 Å². The topological polar surface area (TPSA) is 67.3 Å². The summed E-state index contributed by atoms with van der Waals surface area (Å²) in [6.45, 7) is 0.325. The second-order valence-corrected chi connectivity index (χ2v) is 11.0. The normalized spacial score (nSPS) is 11.5. The Morgan fingerprint density at radius 1 is 0.968 bits per heavy atom. The lowest BCUT2D eigenvalue weighted by Crippen LogP contribution is -2.31. The fourth-order valence-electron chi connectivity index (χ4n) is 3.13. The van der Waals surface area contributed by atoms with Crippen LogP contribution in [0.5, 0.6) is 0 Å². The van der Waals surface area contributed by atoms with Crippen LogP contribution in [0.1, 0.15) is 12.0 Å². The van der Waals surface area contributed by atoms with Crippen molar-refractivity contribution in [3.63, 3.8) is 0 Å². The van der Waals surface area contributed by atoms with Crippen LogP contribution in [-0.2, 0) is 21.2 Å². The van der Waals surface area contributed by atoms with Gasteiger partial charge in [0.1, 0.15) is 0 Å². The van der Waals surface area contributed by atoms with Crippen molar-refractivity contribution in [1.29, 1.82) is 0 Å². The molecule has 0 atom stereocenters. The average molecular weight is 515 g/mol. The Balaban J connectivity index is 1.61. The van der Waals surface area contributed by atoms with Crippen molar-refractivity contribution in [2.75, 3.05) is 10.7 Å². The number of rotatable bonds is 7. The monoisotopic (exact) mass is 514 g/mol. The predicted molar refractivity (Wildman–Crippen MR) is 128 cm³/mol. The number of fused-ring (bicyclic) bond motifs is 1. The Morgan fingerprint density at radius 3 is 2.35 bits per heavy atom. The molecule has 0 radical (unpaired) electrons. The Bertz CT molecular complexity index is 1310. The molecule has 0 saturated carbocycles. The van der Waals surface area contributed by atoms with E-state index in [-0.39, 0.29) is 23.0 Å². The minimum Gasteiger partial charge on any atom is -0.284 e. The molecule has 1 heterocycles. The summed E-state index contributed by atoms with van der Waals surface area (Å²) in [7, 11) is -3.54. The van der Waals surface area contributed by atoms with Crippen LogP contribution in [0.15, 0.2) is 88.2 Å². The van der Waals surface area contributed by atoms with Crippen LogP contribution in [0.25, 0.3) is 10.2 Å². The number of hydrogen-bond donors (Lipinski definition) is 0. The van der Waals surface area contributed by atoms with Gasteiger partial charge in [0.25, 0.3) is 0 Å². The fraction of sp³-hybridized carbons (Fsp3) is 0.130. The molecule has 0 aliphatic rings. The molecule has 4 aromatic rings. The Morgan fingerprint density at radius 2 is 1.65 bits per heavy atom. The lowest BCUT2D eigenvalue weighted by atomic mass is 10.2. The second-order valence-electron chi connectivity index (χ2n) is 6.96. The Kier molecular flexibility index (Phi) is 6.50. The van der Waals surface area contributed by atoms with Crippen LogP contribution in [0.4, 0.5) is 5.13 Å². The summed E-state index contributed by atoms with van der Waals surface area (Å²) in [5.74, 6) is -0.529. The van der Waals surface area contributed by atoms with Crippen LogP contribution < -0.4 is 4.90 Å². The third-order valence-corrected chi connectivity index (χ3v) is 8.01. The molecule has 1 aromatic heterocycles. The largest absolute Gasteiger partial charge is 0.284 e. The van der Waals surface area contributed by atoms with E-state index < -0.39 is 9.84 Å². The maximum atomic E-state index is 13.2. The summed E-state index contributed by atoms with van der Waals surface area (Å²) in [5.41, 5.74) is 1.74. The first kappa shape index (κ1) is 21.7. The third-order valence-electron chi connectivity index (χ3n) is 4.74. The van der Waals surface area contributed by atoms with Crippen molar-refractivity contribution < 1.29 is 13.2 Å². The van der Waals surface area contributed by atoms with Crippen LogP contribution in [0.2, 0.25) is 0 Å². The molecule has 0 saturated heterocycles. The molecule has 0 unspecified atom stereocenters. The predicted octanol–water partition coefficient (Wildman–Crippen LogP) is 5.46. The van der Waals surface area contributed by atoms with Crippen LogP contribution in [0, 0.1) is 0 Å². The SMILES string of the molecule is O=C(CCS(=O)(=O)c1ccccc1)N(Cc1ccccc1)c1nc2ccc(Br)cc2s1. The lowest BCUT2D eigenvalue weighted by Gasteiger charge is -2.20. The van der Waals surface area contributed by atoms with Crippen LogP contribution >= 0.6 is 27.3 Å². The standard InChI is InChI=1S/C23H19BrN2O3S2/c24-18-11-12-20-21(15-18)30-23(25-20)26(16-17-7-3-1-4-8-17)22(27)13-14-31(28,29)19-9-5-2-6-10-19/h1-12,15H,13-14,16H2. The van der Waals surface area contributed by atoms with Crippen LogP contribution in [-0.4, -0.2) is 25.1 Å². The average Bonchev–Trinajstić information content (AvgIpc) is 3.20. The zero-order valence-corrected chi connectivity index (χ0v) is 19.7. The first-order valence-electron chi connectivity index (χ1n) is 9.60. The van der Waals surface area contributed by atoms with Crippen molar-refractivity contribution in [1.82, 2.24) is 4.98 Å². The molecule has 8 heteroatoms. The van der Waals surface area contributed by atoms with Gasteiger partial charge in [-0.2, -0.15) is 0 Å². The minimum atomic E-state index is -3.54. The fourth-order valence-corrected chi connectivity index (χ4v) is 5.92. The summed E-state index contributed by atoms with van der Waals surface area (Å²) in [4.78, 5) is 19.6. The molecule has 4 rings (SSSR count). The highest BCUT2D eigenvalue weighted by atomic mass is 79.9. The lowest BCUT2D eigenvalue weighted by molar-refractivity contribution is -0.118. The highest BCUT2D eigenvalue weighted by Gasteiger charge is 2.23. The number of amides is 1. The molecule has 0 bridgehead atoms. The number of thiazole rings is 1. The number of halogens is 1.